The highest BCUT2D eigenvalue weighted by atomic mass is 19.1. The number of rotatable bonds is 2. The number of piperidine rings is 1. The van der Waals surface area contributed by atoms with Crippen LogP contribution in [0.5, 0.6) is 0 Å². The SMILES string of the molecule is Cc1cc(N2CCCC(O)C2)c([C@H](C)N)cc1F. The van der Waals surface area contributed by atoms with Gasteiger partial charge in [-0.1, -0.05) is 0 Å². The summed E-state index contributed by atoms with van der Waals surface area (Å²) >= 11 is 0. The fourth-order valence-corrected chi connectivity index (χ4v) is 2.49. The van der Waals surface area contributed by atoms with Gasteiger partial charge in [0.2, 0.25) is 0 Å². The van der Waals surface area contributed by atoms with Crippen molar-refractivity contribution in [2.75, 3.05) is 18.0 Å². The summed E-state index contributed by atoms with van der Waals surface area (Å²) in [6, 6.07) is 3.15. The van der Waals surface area contributed by atoms with Crippen molar-refractivity contribution in [1.29, 1.82) is 0 Å². The van der Waals surface area contributed by atoms with Gasteiger partial charge in [-0.05, 0) is 49.9 Å². The Morgan fingerprint density at radius 1 is 1.50 bits per heavy atom. The van der Waals surface area contributed by atoms with Crippen LogP contribution in [0.4, 0.5) is 10.1 Å². The number of aliphatic hydroxyl groups excluding tert-OH is 1. The molecule has 2 rings (SSSR count). The second-order valence-electron chi connectivity index (χ2n) is 5.19. The summed E-state index contributed by atoms with van der Waals surface area (Å²) in [6.45, 7) is 5.10. The number of benzene rings is 1. The first-order chi connectivity index (χ1) is 8.49. The Morgan fingerprint density at radius 2 is 2.22 bits per heavy atom. The second kappa shape index (κ2) is 5.24. The molecule has 1 aromatic rings. The van der Waals surface area contributed by atoms with Crippen molar-refractivity contribution < 1.29 is 9.50 Å². The molecule has 0 aromatic heterocycles. The summed E-state index contributed by atoms with van der Waals surface area (Å²) in [7, 11) is 0. The van der Waals surface area contributed by atoms with Gasteiger partial charge in [0.05, 0.1) is 6.10 Å². The molecule has 100 valence electrons. The van der Waals surface area contributed by atoms with Gasteiger partial charge in [0.1, 0.15) is 5.82 Å². The molecule has 4 heteroatoms. The van der Waals surface area contributed by atoms with Crippen LogP contribution in [0.3, 0.4) is 0 Å². The largest absolute Gasteiger partial charge is 0.391 e. The van der Waals surface area contributed by atoms with Gasteiger partial charge >= 0.3 is 0 Å². The highest BCUT2D eigenvalue weighted by Gasteiger charge is 2.22. The molecule has 1 fully saturated rings. The smallest absolute Gasteiger partial charge is 0.126 e. The molecule has 0 saturated carbocycles. The minimum absolute atomic E-state index is 0.214. The summed E-state index contributed by atoms with van der Waals surface area (Å²) in [5, 5.41) is 9.75. The Kier molecular flexibility index (Phi) is 3.88. The zero-order chi connectivity index (χ0) is 13.3. The zero-order valence-corrected chi connectivity index (χ0v) is 11.0. The summed E-state index contributed by atoms with van der Waals surface area (Å²) < 4.78 is 13.6. The van der Waals surface area contributed by atoms with Crippen molar-refractivity contribution in [2.24, 2.45) is 5.73 Å². The van der Waals surface area contributed by atoms with E-state index >= 15 is 0 Å². The fraction of sp³-hybridized carbons (Fsp3) is 0.571. The highest BCUT2D eigenvalue weighted by molar-refractivity contribution is 5.57. The Balaban J connectivity index is 2.38. The van der Waals surface area contributed by atoms with E-state index in [1.165, 1.54) is 6.07 Å². The molecule has 0 radical (unpaired) electrons. The summed E-state index contributed by atoms with van der Waals surface area (Å²) in [5.41, 5.74) is 8.31. The summed E-state index contributed by atoms with van der Waals surface area (Å²) in [4.78, 5) is 2.11. The molecule has 0 aliphatic carbocycles. The van der Waals surface area contributed by atoms with Gasteiger partial charge in [-0.3, -0.25) is 0 Å². The van der Waals surface area contributed by atoms with Crippen molar-refractivity contribution in [2.45, 2.75) is 38.8 Å². The number of β-amino-alcohol motifs (C(OH)–C–C–N with tert-alkyl or cyclic N) is 1. The Hall–Kier alpha value is -1.13. The summed E-state index contributed by atoms with van der Waals surface area (Å²) in [5.74, 6) is -0.219. The second-order valence-corrected chi connectivity index (χ2v) is 5.19. The Labute approximate surface area is 107 Å². The highest BCUT2D eigenvalue weighted by Crippen LogP contribution is 2.30. The lowest BCUT2D eigenvalue weighted by Crippen LogP contribution is -2.39. The maximum atomic E-state index is 13.6. The molecule has 1 heterocycles. The van der Waals surface area contributed by atoms with Crippen molar-refractivity contribution in [1.82, 2.24) is 0 Å². The molecule has 0 bridgehead atoms. The van der Waals surface area contributed by atoms with Gasteiger partial charge in [0, 0.05) is 24.8 Å². The van der Waals surface area contributed by atoms with Crippen molar-refractivity contribution in [3.63, 3.8) is 0 Å². The lowest BCUT2D eigenvalue weighted by atomic mass is 10.00. The number of halogens is 1. The van der Waals surface area contributed by atoms with Crippen LogP contribution in [0.15, 0.2) is 12.1 Å². The molecule has 0 amide bonds. The maximum Gasteiger partial charge on any atom is 0.126 e. The van der Waals surface area contributed by atoms with Gasteiger partial charge in [0.15, 0.2) is 0 Å². The lowest BCUT2D eigenvalue weighted by Gasteiger charge is -2.34. The lowest BCUT2D eigenvalue weighted by molar-refractivity contribution is 0.154. The third-order valence-electron chi connectivity index (χ3n) is 3.54. The number of aryl methyl sites for hydroxylation is 1. The molecule has 3 nitrogen and oxygen atoms in total. The predicted octanol–water partition coefficient (Wildman–Crippen LogP) is 2.11. The van der Waals surface area contributed by atoms with Gasteiger partial charge in [-0.25, -0.2) is 4.39 Å². The molecule has 1 unspecified atom stereocenters. The average Bonchev–Trinajstić information content (AvgIpc) is 2.31. The molecule has 2 atom stereocenters. The quantitative estimate of drug-likeness (QED) is 0.847. The van der Waals surface area contributed by atoms with Crippen LogP contribution < -0.4 is 10.6 Å². The molecule has 1 aliphatic rings. The summed E-state index contributed by atoms with van der Waals surface area (Å²) in [6.07, 6.45) is 1.49. The molecule has 1 saturated heterocycles. The first kappa shape index (κ1) is 13.3. The van der Waals surface area contributed by atoms with Crippen molar-refractivity contribution in [3.8, 4) is 0 Å². The Bertz CT molecular complexity index is 434. The normalized spacial score (nSPS) is 22.1. The van der Waals surface area contributed by atoms with E-state index in [0.29, 0.717) is 12.1 Å². The van der Waals surface area contributed by atoms with E-state index in [1.807, 2.05) is 13.0 Å². The monoisotopic (exact) mass is 252 g/mol. The van der Waals surface area contributed by atoms with Gasteiger partial charge in [-0.15, -0.1) is 0 Å². The van der Waals surface area contributed by atoms with Crippen LogP contribution in [0.25, 0.3) is 0 Å². The Morgan fingerprint density at radius 3 is 2.83 bits per heavy atom. The van der Waals surface area contributed by atoms with Crippen LogP contribution in [-0.2, 0) is 0 Å². The van der Waals surface area contributed by atoms with Crippen molar-refractivity contribution >= 4 is 5.69 Å². The molecule has 3 N–H and O–H groups in total. The van der Waals surface area contributed by atoms with E-state index < -0.39 is 0 Å². The number of hydrogen-bond donors (Lipinski definition) is 2. The molecular weight excluding hydrogens is 231 g/mol. The van der Waals surface area contributed by atoms with Crippen LogP contribution in [-0.4, -0.2) is 24.3 Å². The molecule has 1 aromatic carbocycles. The standard InChI is InChI=1S/C14H21FN2O/c1-9-6-14(12(10(2)16)7-13(9)15)17-5-3-4-11(18)8-17/h6-7,10-11,18H,3-5,8,16H2,1-2H3/t10-,11?/m0/s1. The van der Waals surface area contributed by atoms with E-state index in [1.54, 1.807) is 6.92 Å². The first-order valence-corrected chi connectivity index (χ1v) is 6.47. The topological polar surface area (TPSA) is 49.5 Å². The number of anilines is 1. The minimum atomic E-state index is -0.301. The average molecular weight is 252 g/mol. The maximum absolute atomic E-state index is 13.6. The van der Waals surface area contributed by atoms with Crippen LogP contribution in [0.2, 0.25) is 0 Å². The molecule has 0 spiro atoms. The number of nitrogens with two attached hydrogens (primary N) is 1. The van der Waals surface area contributed by atoms with Crippen LogP contribution in [0, 0.1) is 12.7 Å². The number of aliphatic hydroxyl groups is 1. The fourth-order valence-electron chi connectivity index (χ4n) is 2.49. The minimum Gasteiger partial charge on any atom is -0.391 e. The molecular formula is C14H21FN2O. The molecule has 18 heavy (non-hydrogen) atoms. The number of nitrogens with zero attached hydrogens (tertiary/aromatic N) is 1. The van der Waals surface area contributed by atoms with Gasteiger partial charge in [0.25, 0.3) is 0 Å². The van der Waals surface area contributed by atoms with Gasteiger partial charge in [-0.2, -0.15) is 0 Å². The molecule has 1 aliphatic heterocycles. The van der Waals surface area contributed by atoms with E-state index in [9.17, 15) is 9.50 Å². The van der Waals surface area contributed by atoms with E-state index in [2.05, 4.69) is 4.90 Å². The van der Waals surface area contributed by atoms with E-state index in [-0.39, 0.29) is 18.0 Å². The van der Waals surface area contributed by atoms with E-state index in [0.717, 1.165) is 30.6 Å². The van der Waals surface area contributed by atoms with Crippen LogP contribution >= 0.6 is 0 Å². The van der Waals surface area contributed by atoms with E-state index in [4.69, 9.17) is 5.73 Å². The number of hydrogen-bond acceptors (Lipinski definition) is 3. The predicted molar refractivity (Wildman–Crippen MR) is 71.2 cm³/mol. The first-order valence-electron chi connectivity index (χ1n) is 6.47. The van der Waals surface area contributed by atoms with Crippen LogP contribution in [0.1, 0.15) is 36.9 Å². The third kappa shape index (κ3) is 2.65. The third-order valence-corrected chi connectivity index (χ3v) is 3.54. The van der Waals surface area contributed by atoms with Gasteiger partial charge < -0.3 is 15.7 Å². The van der Waals surface area contributed by atoms with Crippen molar-refractivity contribution in [3.05, 3.63) is 29.1 Å². The zero-order valence-electron chi connectivity index (χ0n) is 11.0.